The highest BCUT2D eigenvalue weighted by Crippen LogP contribution is 2.13. The fourth-order valence-electron chi connectivity index (χ4n) is 2.14. The van der Waals surface area contributed by atoms with Crippen LogP contribution in [-0.2, 0) is 6.42 Å². The van der Waals surface area contributed by atoms with Crippen molar-refractivity contribution in [3.63, 3.8) is 0 Å². The molecule has 112 valence electrons. The van der Waals surface area contributed by atoms with Crippen LogP contribution in [0.3, 0.4) is 0 Å². The van der Waals surface area contributed by atoms with Crippen LogP contribution in [0.4, 0.5) is 11.6 Å². The molecular weight excluding hydrogens is 260 g/mol. The first-order chi connectivity index (χ1) is 10.3. The lowest BCUT2D eigenvalue weighted by Gasteiger charge is -2.18. The van der Waals surface area contributed by atoms with Gasteiger partial charge < -0.3 is 10.2 Å². The summed E-state index contributed by atoms with van der Waals surface area (Å²) < 4.78 is 0. The average Bonchev–Trinajstić information content (AvgIpc) is 2.54. The van der Waals surface area contributed by atoms with Crippen LogP contribution in [-0.4, -0.2) is 30.1 Å². The van der Waals surface area contributed by atoms with Gasteiger partial charge in [0.05, 0.1) is 0 Å². The minimum atomic E-state index is 0.874. The summed E-state index contributed by atoms with van der Waals surface area (Å²) in [7, 11) is 2.08. The van der Waals surface area contributed by atoms with Gasteiger partial charge in [-0.05, 0) is 18.4 Å². The van der Waals surface area contributed by atoms with Gasteiger partial charge in [-0.2, -0.15) is 0 Å². The van der Waals surface area contributed by atoms with Gasteiger partial charge in [0.2, 0.25) is 0 Å². The summed E-state index contributed by atoms with van der Waals surface area (Å²) >= 11 is 0. The summed E-state index contributed by atoms with van der Waals surface area (Å²) in [6.07, 6.45) is 4.99. The van der Waals surface area contributed by atoms with E-state index < -0.39 is 0 Å². The molecule has 1 aromatic carbocycles. The summed E-state index contributed by atoms with van der Waals surface area (Å²) in [6, 6.07) is 12.5. The molecule has 1 aromatic heterocycles. The van der Waals surface area contributed by atoms with Crippen LogP contribution >= 0.6 is 0 Å². The van der Waals surface area contributed by atoms with E-state index >= 15 is 0 Å². The maximum absolute atomic E-state index is 4.33. The Morgan fingerprint density at radius 3 is 2.71 bits per heavy atom. The minimum absolute atomic E-state index is 0.874. The predicted octanol–water partition coefficient (Wildman–Crippen LogP) is 3.37. The van der Waals surface area contributed by atoms with Crippen molar-refractivity contribution >= 4 is 11.6 Å². The van der Waals surface area contributed by atoms with Crippen molar-refractivity contribution in [3.05, 3.63) is 48.3 Å². The molecule has 0 atom stereocenters. The standard InChI is InChI=1S/C17H24N4/c1-3-4-12-21(2)17-13-16(19-14-20-17)18-11-10-15-8-6-5-7-9-15/h5-9,13-14H,3-4,10-12H2,1-2H3,(H,18,19,20). The molecule has 0 aliphatic heterocycles. The molecule has 0 spiro atoms. The van der Waals surface area contributed by atoms with Crippen molar-refractivity contribution in [2.75, 3.05) is 30.4 Å². The fourth-order valence-corrected chi connectivity index (χ4v) is 2.14. The molecular formula is C17H24N4. The van der Waals surface area contributed by atoms with E-state index in [0.717, 1.165) is 31.1 Å². The summed E-state index contributed by atoms with van der Waals surface area (Å²) in [4.78, 5) is 10.8. The van der Waals surface area contributed by atoms with Crippen molar-refractivity contribution in [1.29, 1.82) is 0 Å². The Morgan fingerprint density at radius 1 is 1.14 bits per heavy atom. The van der Waals surface area contributed by atoms with Crippen LogP contribution in [0.5, 0.6) is 0 Å². The first kappa shape index (κ1) is 15.3. The van der Waals surface area contributed by atoms with Crippen LogP contribution in [0.25, 0.3) is 0 Å². The van der Waals surface area contributed by atoms with E-state index in [9.17, 15) is 0 Å². The molecule has 2 rings (SSSR count). The molecule has 0 bridgehead atoms. The van der Waals surface area contributed by atoms with Crippen LogP contribution in [0.15, 0.2) is 42.7 Å². The number of hydrogen-bond donors (Lipinski definition) is 1. The normalized spacial score (nSPS) is 10.4. The minimum Gasteiger partial charge on any atom is -0.370 e. The Balaban J connectivity index is 1.86. The molecule has 21 heavy (non-hydrogen) atoms. The van der Waals surface area contributed by atoms with Crippen LogP contribution in [0.1, 0.15) is 25.3 Å². The summed E-state index contributed by atoms with van der Waals surface area (Å²) in [5.74, 6) is 1.86. The first-order valence-corrected chi connectivity index (χ1v) is 7.60. The van der Waals surface area contributed by atoms with Gasteiger partial charge in [-0.3, -0.25) is 0 Å². The topological polar surface area (TPSA) is 41.0 Å². The Labute approximate surface area is 127 Å². The number of anilines is 2. The second-order valence-electron chi connectivity index (χ2n) is 5.20. The van der Waals surface area contributed by atoms with Crippen LogP contribution in [0, 0.1) is 0 Å². The Morgan fingerprint density at radius 2 is 1.95 bits per heavy atom. The van der Waals surface area contributed by atoms with Gasteiger partial charge in [-0.1, -0.05) is 43.7 Å². The number of nitrogens with one attached hydrogen (secondary N) is 1. The smallest absolute Gasteiger partial charge is 0.133 e. The average molecular weight is 284 g/mol. The molecule has 0 aliphatic rings. The van der Waals surface area contributed by atoms with Gasteiger partial charge in [0.15, 0.2) is 0 Å². The molecule has 4 heteroatoms. The highest BCUT2D eigenvalue weighted by molar-refractivity contribution is 5.47. The number of aromatic nitrogens is 2. The SMILES string of the molecule is CCCCN(C)c1cc(NCCc2ccccc2)ncn1. The van der Waals surface area contributed by atoms with Crippen molar-refractivity contribution in [1.82, 2.24) is 9.97 Å². The molecule has 0 amide bonds. The number of benzene rings is 1. The lowest BCUT2D eigenvalue weighted by atomic mass is 10.1. The number of unbranched alkanes of at least 4 members (excludes halogenated alkanes) is 1. The molecule has 0 saturated carbocycles. The van der Waals surface area contributed by atoms with Gasteiger partial charge in [-0.15, -0.1) is 0 Å². The largest absolute Gasteiger partial charge is 0.370 e. The molecule has 1 N–H and O–H groups in total. The van der Waals surface area contributed by atoms with Gasteiger partial charge in [0.1, 0.15) is 18.0 Å². The van der Waals surface area contributed by atoms with Gasteiger partial charge >= 0.3 is 0 Å². The summed E-state index contributed by atoms with van der Waals surface area (Å²) in [5, 5.41) is 3.37. The van der Waals surface area contributed by atoms with E-state index in [1.54, 1.807) is 6.33 Å². The summed E-state index contributed by atoms with van der Waals surface area (Å²) in [5.41, 5.74) is 1.33. The first-order valence-electron chi connectivity index (χ1n) is 7.60. The van der Waals surface area contributed by atoms with Gasteiger partial charge in [0, 0.05) is 26.2 Å². The van der Waals surface area contributed by atoms with Crippen molar-refractivity contribution < 1.29 is 0 Å². The fraction of sp³-hybridized carbons (Fsp3) is 0.412. The van der Waals surface area contributed by atoms with E-state index in [4.69, 9.17) is 0 Å². The second-order valence-corrected chi connectivity index (χ2v) is 5.20. The Hall–Kier alpha value is -2.10. The van der Waals surface area contributed by atoms with E-state index in [1.807, 2.05) is 12.1 Å². The third-order valence-corrected chi connectivity index (χ3v) is 3.45. The zero-order valence-electron chi connectivity index (χ0n) is 12.9. The Kier molecular flexibility index (Phi) is 6.00. The third kappa shape index (κ3) is 5.06. The highest BCUT2D eigenvalue weighted by atomic mass is 15.2. The molecule has 0 saturated heterocycles. The lowest BCUT2D eigenvalue weighted by Crippen LogP contribution is -2.20. The van der Waals surface area contributed by atoms with Crippen LogP contribution < -0.4 is 10.2 Å². The number of rotatable bonds is 8. The third-order valence-electron chi connectivity index (χ3n) is 3.45. The van der Waals surface area contributed by atoms with Crippen LogP contribution in [0.2, 0.25) is 0 Å². The van der Waals surface area contributed by atoms with Gasteiger partial charge in [-0.25, -0.2) is 9.97 Å². The Bertz CT molecular complexity index is 527. The monoisotopic (exact) mass is 284 g/mol. The second kappa shape index (κ2) is 8.25. The van der Waals surface area contributed by atoms with Crippen molar-refractivity contribution in [2.24, 2.45) is 0 Å². The van der Waals surface area contributed by atoms with Crippen molar-refractivity contribution in [3.8, 4) is 0 Å². The quantitative estimate of drug-likeness (QED) is 0.807. The summed E-state index contributed by atoms with van der Waals surface area (Å²) in [6.45, 7) is 4.10. The van der Waals surface area contributed by atoms with E-state index in [0.29, 0.717) is 0 Å². The molecule has 4 nitrogen and oxygen atoms in total. The maximum Gasteiger partial charge on any atom is 0.133 e. The highest BCUT2D eigenvalue weighted by Gasteiger charge is 2.03. The van der Waals surface area contributed by atoms with E-state index in [-0.39, 0.29) is 0 Å². The van der Waals surface area contributed by atoms with E-state index in [2.05, 4.69) is 58.4 Å². The number of hydrogen-bond acceptors (Lipinski definition) is 4. The molecule has 0 fully saturated rings. The molecule has 1 heterocycles. The lowest BCUT2D eigenvalue weighted by molar-refractivity contribution is 0.758. The zero-order valence-corrected chi connectivity index (χ0v) is 12.9. The zero-order chi connectivity index (χ0) is 14.9. The predicted molar refractivity (Wildman–Crippen MR) is 88.8 cm³/mol. The van der Waals surface area contributed by atoms with Gasteiger partial charge in [0.25, 0.3) is 0 Å². The number of nitrogens with zero attached hydrogens (tertiary/aromatic N) is 3. The van der Waals surface area contributed by atoms with Crippen molar-refractivity contribution in [2.45, 2.75) is 26.2 Å². The molecule has 0 aliphatic carbocycles. The molecule has 0 radical (unpaired) electrons. The molecule has 0 unspecified atom stereocenters. The van der Waals surface area contributed by atoms with E-state index in [1.165, 1.54) is 18.4 Å². The molecule has 2 aromatic rings. The maximum atomic E-state index is 4.33.